The highest BCUT2D eigenvalue weighted by atomic mass is 32.1. The first kappa shape index (κ1) is 13.4. The molecule has 0 fully saturated rings. The molecule has 0 spiro atoms. The fourth-order valence-electron chi connectivity index (χ4n) is 2.97. The Hall–Kier alpha value is -2.28. The fourth-order valence-corrected chi connectivity index (χ4v) is 4.32. The average molecular weight is 314 g/mol. The van der Waals surface area contributed by atoms with Gasteiger partial charge in [-0.3, -0.25) is 0 Å². The number of carbonyl (C=O) groups is 1. The molecule has 1 N–H and O–H groups in total. The Labute approximate surface area is 130 Å². The van der Waals surface area contributed by atoms with E-state index in [1.807, 2.05) is 0 Å². The highest BCUT2D eigenvalue weighted by Gasteiger charge is 2.23. The lowest BCUT2D eigenvalue weighted by Crippen LogP contribution is -2.08. The molecule has 4 rings (SSSR count). The number of thiophene rings is 1. The number of aromatic nitrogens is 4. The SMILES string of the molecule is CC1CCc2c(sc3ncn4nc(/C=C/C(=O)O)nc4c23)C1. The Morgan fingerprint density at radius 2 is 2.41 bits per heavy atom. The van der Waals surface area contributed by atoms with Gasteiger partial charge in [0.05, 0.1) is 5.39 Å². The monoisotopic (exact) mass is 314 g/mol. The van der Waals surface area contributed by atoms with Crippen LogP contribution in [0.5, 0.6) is 0 Å². The summed E-state index contributed by atoms with van der Waals surface area (Å²) in [5.74, 6) is 0.0911. The number of hydrogen-bond donors (Lipinski definition) is 1. The van der Waals surface area contributed by atoms with Gasteiger partial charge in [0.1, 0.15) is 11.2 Å². The lowest BCUT2D eigenvalue weighted by molar-refractivity contribution is -0.131. The van der Waals surface area contributed by atoms with Crippen LogP contribution in [0.1, 0.15) is 29.6 Å². The zero-order valence-corrected chi connectivity index (χ0v) is 12.8. The maximum atomic E-state index is 10.6. The van der Waals surface area contributed by atoms with Crippen molar-refractivity contribution in [2.45, 2.75) is 26.2 Å². The molecule has 1 atom stereocenters. The van der Waals surface area contributed by atoms with Crippen molar-refractivity contribution >= 4 is 39.2 Å². The Morgan fingerprint density at radius 3 is 3.23 bits per heavy atom. The second kappa shape index (κ2) is 4.88. The molecule has 112 valence electrons. The number of fused-ring (bicyclic) bond motifs is 5. The molecule has 7 heteroatoms. The summed E-state index contributed by atoms with van der Waals surface area (Å²) in [6.45, 7) is 2.28. The number of hydrogen-bond acceptors (Lipinski definition) is 5. The first-order chi connectivity index (χ1) is 10.6. The predicted molar refractivity (Wildman–Crippen MR) is 84.0 cm³/mol. The predicted octanol–water partition coefficient (Wildman–Crippen LogP) is 2.56. The van der Waals surface area contributed by atoms with Gasteiger partial charge < -0.3 is 5.11 Å². The zero-order valence-electron chi connectivity index (χ0n) is 12.0. The summed E-state index contributed by atoms with van der Waals surface area (Å²) < 4.78 is 1.63. The lowest BCUT2D eigenvalue weighted by Gasteiger charge is -2.17. The smallest absolute Gasteiger partial charge is 0.328 e. The molecule has 0 bridgehead atoms. The Morgan fingerprint density at radius 1 is 1.55 bits per heavy atom. The zero-order chi connectivity index (χ0) is 15.3. The normalized spacial score (nSPS) is 18.3. The van der Waals surface area contributed by atoms with Gasteiger partial charge in [-0.25, -0.2) is 19.3 Å². The van der Waals surface area contributed by atoms with Crippen molar-refractivity contribution in [1.82, 2.24) is 19.6 Å². The topological polar surface area (TPSA) is 80.4 Å². The molecule has 1 unspecified atom stereocenters. The van der Waals surface area contributed by atoms with Crippen LogP contribution in [0.2, 0.25) is 0 Å². The van der Waals surface area contributed by atoms with E-state index in [4.69, 9.17) is 5.11 Å². The van der Waals surface area contributed by atoms with Crippen LogP contribution in [0.25, 0.3) is 21.9 Å². The highest BCUT2D eigenvalue weighted by molar-refractivity contribution is 7.19. The summed E-state index contributed by atoms with van der Waals surface area (Å²) in [5.41, 5.74) is 2.11. The summed E-state index contributed by atoms with van der Waals surface area (Å²) in [4.78, 5) is 22.0. The lowest BCUT2D eigenvalue weighted by atomic mass is 9.89. The maximum absolute atomic E-state index is 10.6. The Kier molecular flexibility index (Phi) is 2.97. The summed E-state index contributed by atoms with van der Waals surface area (Å²) >= 11 is 1.74. The molecule has 1 aliphatic rings. The van der Waals surface area contributed by atoms with Gasteiger partial charge in [0, 0.05) is 11.0 Å². The van der Waals surface area contributed by atoms with Gasteiger partial charge in [0.25, 0.3) is 0 Å². The molecular weight excluding hydrogens is 300 g/mol. The standard InChI is InChI=1S/C15H14N4O2S/c1-8-2-3-9-10(6-8)22-15-13(9)14-17-11(4-5-12(20)21)18-19(14)7-16-15/h4-5,7-8H,2-3,6H2,1H3,(H,20,21)/b5-4+. The molecule has 0 saturated heterocycles. The number of carboxylic acids is 1. The Balaban J connectivity index is 1.92. The third-order valence-electron chi connectivity index (χ3n) is 4.02. The summed E-state index contributed by atoms with van der Waals surface area (Å²) in [6.07, 6.45) is 7.42. The third kappa shape index (κ3) is 2.09. The number of carboxylic acid groups (broad SMARTS) is 1. The molecule has 6 nitrogen and oxygen atoms in total. The van der Waals surface area contributed by atoms with Gasteiger partial charge in [-0.2, -0.15) is 0 Å². The van der Waals surface area contributed by atoms with Gasteiger partial charge >= 0.3 is 5.97 Å². The third-order valence-corrected chi connectivity index (χ3v) is 5.19. The number of rotatable bonds is 2. The van der Waals surface area contributed by atoms with E-state index in [1.165, 1.54) is 22.9 Å². The Bertz CT molecular complexity index is 925. The molecule has 0 radical (unpaired) electrons. The van der Waals surface area contributed by atoms with E-state index in [-0.39, 0.29) is 0 Å². The van der Waals surface area contributed by atoms with Crippen molar-refractivity contribution in [1.29, 1.82) is 0 Å². The van der Waals surface area contributed by atoms with Crippen molar-refractivity contribution in [2.75, 3.05) is 0 Å². The molecule has 0 aliphatic heterocycles. The number of nitrogens with zero attached hydrogens (tertiary/aromatic N) is 4. The van der Waals surface area contributed by atoms with E-state index in [0.29, 0.717) is 11.7 Å². The molecule has 22 heavy (non-hydrogen) atoms. The molecule has 0 saturated carbocycles. The summed E-state index contributed by atoms with van der Waals surface area (Å²) in [6, 6.07) is 0. The van der Waals surface area contributed by atoms with Gasteiger partial charge in [-0.05, 0) is 36.8 Å². The van der Waals surface area contributed by atoms with Crippen LogP contribution in [0.15, 0.2) is 12.4 Å². The fraction of sp³-hybridized carbons (Fsp3) is 0.333. The largest absolute Gasteiger partial charge is 0.478 e. The molecule has 3 aromatic rings. The van der Waals surface area contributed by atoms with Crippen LogP contribution in [0, 0.1) is 5.92 Å². The van der Waals surface area contributed by atoms with Crippen LogP contribution < -0.4 is 0 Å². The highest BCUT2D eigenvalue weighted by Crippen LogP contribution is 2.38. The van der Waals surface area contributed by atoms with E-state index < -0.39 is 5.97 Å². The minimum absolute atomic E-state index is 0.390. The van der Waals surface area contributed by atoms with Crippen molar-refractivity contribution in [3.63, 3.8) is 0 Å². The van der Waals surface area contributed by atoms with Gasteiger partial charge in [0.15, 0.2) is 11.5 Å². The van der Waals surface area contributed by atoms with E-state index in [1.54, 1.807) is 22.2 Å². The number of aryl methyl sites for hydroxylation is 1. The average Bonchev–Trinajstić information content (AvgIpc) is 3.03. The molecule has 1 aliphatic carbocycles. The molecule has 0 amide bonds. The first-order valence-electron chi connectivity index (χ1n) is 7.18. The van der Waals surface area contributed by atoms with Crippen molar-refractivity contribution in [3.05, 3.63) is 28.7 Å². The van der Waals surface area contributed by atoms with Crippen LogP contribution >= 0.6 is 11.3 Å². The van der Waals surface area contributed by atoms with E-state index in [9.17, 15) is 4.79 Å². The minimum atomic E-state index is -1.01. The molecule has 3 aromatic heterocycles. The summed E-state index contributed by atoms with van der Waals surface area (Å²) in [5, 5.41) is 14.1. The second-order valence-electron chi connectivity index (χ2n) is 5.69. The van der Waals surface area contributed by atoms with Crippen LogP contribution in [0.4, 0.5) is 0 Å². The van der Waals surface area contributed by atoms with Gasteiger partial charge in [-0.1, -0.05) is 6.92 Å². The second-order valence-corrected chi connectivity index (χ2v) is 6.77. The van der Waals surface area contributed by atoms with E-state index >= 15 is 0 Å². The quantitative estimate of drug-likeness (QED) is 0.735. The summed E-state index contributed by atoms with van der Waals surface area (Å²) in [7, 11) is 0. The molecule has 0 aromatic carbocycles. The van der Waals surface area contributed by atoms with E-state index in [0.717, 1.165) is 34.8 Å². The van der Waals surface area contributed by atoms with Gasteiger partial charge in [-0.15, -0.1) is 16.4 Å². The number of aliphatic carboxylic acids is 1. The van der Waals surface area contributed by atoms with Crippen molar-refractivity contribution in [2.24, 2.45) is 5.92 Å². The van der Waals surface area contributed by atoms with Crippen molar-refractivity contribution in [3.8, 4) is 0 Å². The first-order valence-corrected chi connectivity index (χ1v) is 8.00. The minimum Gasteiger partial charge on any atom is -0.478 e. The molecule has 3 heterocycles. The van der Waals surface area contributed by atoms with Gasteiger partial charge in [0.2, 0.25) is 0 Å². The van der Waals surface area contributed by atoms with Crippen LogP contribution in [-0.2, 0) is 17.6 Å². The van der Waals surface area contributed by atoms with Crippen LogP contribution in [0.3, 0.4) is 0 Å². The maximum Gasteiger partial charge on any atom is 0.328 e. The van der Waals surface area contributed by atoms with Crippen molar-refractivity contribution < 1.29 is 9.90 Å². The van der Waals surface area contributed by atoms with E-state index in [2.05, 4.69) is 22.0 Å². The molecular formula is C15H14N4O2S. The van der Waals surface area contributed by atoms with Crippen LogP contribution in [-0.4, -0.2) is 30.7 Å².